The number of aromatic nitrogens is 3. The van der Waals surface area contributed by atoms with Crippen molar-refractivity contribution in [1.82, 2.24) is 14.8 Å². The van der Waals surface area contributed by atoms with Gasteiger partial charge in [0.1, 0.15) is 12.4 Å². The van der Waals surface area contributed by atoms with Crippen LogP contribution in [0.4, 0.5) is 18.9 Å². The number of thioether (sulfide) groups is 1. The van der Waals surface area contributed by atoms with E-state index in [1.807, 2.05) is 43.5 Å². The fourth-order valence-electron chi connectivity index (χ4n) is 2.92. The van der Waals surface area contributed by atoms with E-state index in [9.17, 15) is 18.0 Å². The monoisotopic (exact) mass is 498 g/mol. The van der Waals surface area contributed by atoms with Gasteiger partial charge in [-0.25, -0.2) is 0 Å². The number of carbonyl (C=O) groups excluding carboxylic acids is 1. The molecule has 0 radical (unpaired) electrons. The van der Waals surface area contributed by atoms with Crippen LogP contribution in [0.15, 0.2) is 41.6 Å². The van der Waals surface area contributed by atoms with Crippen LogP contribution in [0.5, 0.6) is 5.75 Å². The number of hydrogen-bond acceptors (Lipinski definition) is 5. The second-order valence-corrected chi connectivity index (χ2v) is 8.56. The molecule has 0 spiro atoms. The van der Waals surface area contributed by atoms with Crippen LogP contribution in [0.25, 0.3) is 0 Å². The van der Waals surface area contributed by atoms with Gasteiger partial charge in [0.05, 0.1) is 22.0 Å². The van der Waals surface area contributed by atoms with Crippen molar-refractivity contribution in [1.29, 1.82) is 0 Å². The van der Waals surface area contributed by atoms with Crippen molar-refractivity contribution in [3.05, 3.63) is 63.9 Å². The SMILES string of the molecule is CCn1c(COc2ccc(C)c(C)c2)nnc1SCC(=O)Nc1cc(C(F)(F)F)ccc1Cl. The van der Waals surface area contributed by atoms with Crippen molar-refractivity contribution in [2.45, 2.75) is 45.3 Å². The molecule has 0 atom stereocenters. The summed E-state index contributed by atoms with van der Waals surface area (Å²) in [5, 5.41) is 11.2. The van der Waals surface area contributed by atoms with E-state index in [4.69, 9.17) is 16.3 Å². The van der Waals surface area contributed by atoms with E-state index in [0.29, 0.717) is 17.5 Å². The number of aryl methyl sites for hydroxylation is 2. The summed E-state index contributed by atoms with van der Waals surface area (Å²) in [6.45, 7) is 6.70. The van der Waals surface area contributed by atoms with Crippen molar-refractivity contribution in [3.8, 4) is 5.75 Å². The third-order valence-electron chi connectivity index (χ3n) is 4.86. The molecule has 11 heteroatoms. The number of halogens is 4. The van der Waals surface area contributed by atoms with E-state index in [-0.39, 0.29) is 23.1 Å². The number of nitrogens with zero attached hydrogens (tertiary/aromatic N) is 3. The zero-order valence-electron chi connectivity index (χ0n) is 18.2. The maximum absolute atomic E-state index is 12.9. The summed E-state index contributed by atoms with van der Waals surface area (Å²) in [4.78, 5) is 12.3. The number of ether oxygens (including phenoxy) is 1. The first-order chi connectivity index (χ1) is 15.6. The minimum absolute atomic E-state index is 0.0175. The van der Waals surface area contributed by atoms with Gasteiger partial charge >= 0.3 is 6.18 Å². The maximum atomic E-state index is 12.9. The summed E-state index contributed by atoms with van der Waals surface area (Å²) in [6, 6.07) is 8.57. The molecule has 0 aliphatic rings. The molecule has 2 aromatic carbocycles. The molecule has 0 saturated heterocycles. The van der Waals surface area contributed by atoms with Gasteiger partial charge in [-0.1, -0.05) is 29.4 Å². The normalized spacial score (nSPS) is 11.5. The second kappa shape index (κ2) is 10.5. The zero-order chi connectivity index (χ0) is 24.2. The van der Waals surface area contributed by atoms with Crippen molar-refractivity contribution in [2.24, 2.45) is 0 Å². The summed E-state index contributed by atoms with van der Waals surface area (Å²) in [7, 11) is 0. The molecular formula is C22H22ClF3N4O2S. The third kappa shape index (κ3) is 6.42. The molecule has 1 amide bonds. The molecule has 1 N–H and O–H groups in total. The van der Waals surface area contributed by atoms with Gasteiger partial charge in [0.25, 0.3) is 0 Å². The second-order valence-electron chi connectivity index (χ2n) is 7.21. The Balaban J connectivity index is 1.62. The van der Waals surface area contributed by atoms with Crippen LogP contribution in [-0.2, 0) is 24.1 Å². The summed E-state index contributed by atoms with van der Waals surface area (Å²) in [6.07, 6.45) is -4.54. The standard InChI is InChI=1S/C22H22ClF3N4O2S/c1-4-30-19(11-32-16-7-5-13(2)14(3)9-16)28-29-21(30)33-12-20(31)27-18-10-15(22(24,25)26)6-8-17(18)23/h5-10H,4,11-12H2,1-3H3,(H,27,31). The lowest BCUT2D eigenvalue weighted by molar-refractivity contribution is -0.137. The van der Waals surface area contributed by atoms with Gasteiger partial charge < -0.3 is 14.6 Å². The van der Waals surface area contributed by atoms with Crippen LogP contribution < -0.4 is 10.1 Å². The van der Waals surface area contributed by atoms with Crippen LogP contribution in [0.1, 0.15) is 29.4 Å². The Kier molecular flexibility index (Phi) is 7.91. The molecule has 0 aliphatic carbocycles. The number of alkyl halides is 3. The highest BCUT2D eigenvalue weighted by atomic mass is 35.5. The molecule has 0 unspecified atom stereocenters. The summed E-state index contributed by atoms with van der Waals surface area (Å²) >= 11 is 7.05. The molecule has 3 aromatic rings. The van der Waals surface area contributed by atoms with E-state index < -0.39 is 17.6 Å². The van der Waals surface area contributed by atoms with Crippen LogP contribution in [0.2, 0.25) is 5.02 Å². The lowest BCUT2D eigenvalue weighted by Crippen LogP contribution is -2.16. The first-order valence-electron chi connectivity index (χ1n) is 10.00. The number of rotatable bonds is 8. The smallest absolute Gasteiger partial charge is 0.416 e. The molecule has 0 fully saturated rings. The zero-order valence-corrected chi connectivity index (χ0v) is 19.7. The minimum atomic E-state index is -4.54. The lowest BCUT2D eigenvalue weighted by atomic mass is 10.1. The molecule has 1 aromatic heterocycles. The lowest BCUT2D eigenvalue weighted by Gasteiger charge is -2.12. The first-order valence-corrected chi connectivity index (χ1v) is 11.4. The number of benzene rings is 2. The average Bonchev–Trinajstić information content (AvgIpc) is 3.15. The Hall–Kier alpha value is -2.72. The average molecular weight is 499 g/mol. The molecule has 6 nitrogen and oxygen atoms in total. The van der Waals surface area contributed by atoms with Crippen molar-refractivity contribution >= 4 is 35.0 Å². The van der Waals surface area contributed by atoms with Crippen molar-refractivity contribution in [3.63, 3.8) is 0 Å². The topological polar surface area (TPSA) is 69.0 Å². The predicted molar refractivity (Wildman–Crippen MR) is 122 cm³/mol. The van der Waals surface area contributed by atoms with Gasteiger partial charge in [-0.3, -0.25) is 4.79 Å². The van der Waals surface area contributed by atoms with Crippen molar-refractivity contribution < 1.29 is 22.7 Å². The first kappa shape index (κ1) is 24.9. The minimum Gasteiger partial charge on any atom is -0.486 e. The maximum Gasteiger partial charge on any atom is 0.416 e. The predicted octanol–water partition coefficient (Wildman–Crippen LogP) is 5.90. The quantitative estimate of drug-likeness (QED) is 0.392. The Morgan fingerprint density at radius 2 is 1.91 bits per heavy atom. The van der Waals surface area contributed by atoms with Gasteiger partial charge in [0, 0.05) is 6.54 Å². The molecule has 0 aliphatic heterocycles. The summed E-state index contributed by atoms with van der Waals surface area (Å²) in [5.41, 5.74) is 1.29. The number of hydrogen-bond donors (Lipinski definition) is 1. The van der Waals surface area contributed by atoms with Crippen LogP contribution >= 0.6 is 23.4 Å². The molecule has 1 heterocycles. The molecule has 3 rings (SSSR count). The Morgan fingerprint density at radius 3 is 2.58 bits per heavy atom. The van der Waals surface area contributed by atoms with Gasteiger partial charge in [-0.15, -0.1) is 10.2 Å². The Labute approximate surface area is 198 Å². The number of nitrogens with one attached hydrogen (secondary N) is 1. The van der Waals surface area contributed by atoms with E-state index in [2.05, 4.69) is 15.5 Å². The van der Waals surface area contributed by atoms with Gasteiger partial charge in [0.2, 0.25) is 5.91 Å². The van der Waals surface area contributed by atoms with Crippen LogP contribution in [0, 0.1) is 13.8 Å². The molecule has 176 valence electrons. The number of carbonyl (C=O) groups is 1. The fourth-order valence-corrected chi connectivity index (χ4v) is 3.90. The molecule has 33 heavy (non-hydrogen) atoms. The van der Waals surface area contributed by atoms with Crippen LogP contribution in [0.3, 0.4) is 0 Å². The number of amides is 1. The van der Waals surface area contributed by atoms with Gasteiger partial charge in [-0.05, 0) is 62.2 Å². The van der Waals surface area contributed by atoms with Crippen molar-refractivity contribution in [2.75, 3.05) is 11.1 Å². The largest absolute Gasteiger partial charge is 0.486 e. The highest BCUT2D eigenvalue weighted by Gasteiger charge is 2.31. The van der Waals surface area contributed by atoms with E-state index >= 15 is 0 Å². The molecular weight excluding hydrogens is 477 g/mol. The van der Waals surface area contributed by atoms with E-state index in [0.717, 1.165) is 41.3 Å². The van der Waals surface area contributed by atoms with E-state index in [1.54, 1.807) is 0 Å². The van der Waals surface area contributed by atoms with Crippen LogP contribution in [-0.4, -0.2) is 26.4 Å². The number of anilines is 1. The summed E-state index contributed by atoms with van der Waals surface area (Å²) < 4.78 is 46.4. The third-order valence-corrected chi connectivity index (χ3v) is 6.15. The Bertz CT molecular complexity index is 1150. The van der Waals surface area contributed by atoms with Gasteiger partial charge in [-0.2, -0.15) is 13.2 Å². The fraction of sp³-hybridized carbons (Fsp3) is 0.318. The van der Waals surface area contributed by atoms with E-state index in [1.165, 1.54) is 5.56 Å². The highest BCUT2D eigenvalue weighted by Crippen LogP contribution is 2.34. The molecule has 0 bridgehead atoms. The molecule has 0 saturated carbocycles. The Morgan fingerprint density at radius 1 is 1.15 bits per heavy atom. The summed E-state index contributed by atoms with van der Waals surface area (Å²) in [5.74, 6) is 0.720. The highest BCUT2D eigenvalue weighted by molar-refractivity contribution is 7.99. The van der Waals surface area contributed by atoms with Gasteiger partial charge in [0.15, 0.2) is 11.0 Å².